The van der Waals surface area contributed by atoms with Gasteiger partial charge >= 0.3 is 0 Å². The van der Waals surface area contributed by atoms with E-state index in [2.05, 4.69) is 21.3 Å². The van der Waals surface area contributed by atoms with Crippen LogP contribution in [0.3, 0.4) is 0 Å². The summed E-state index contributed by atoms with van der Waals surface area (Å²) < 4.78 is 0. The molecule has 0 saturated heterocycles. The molecular formula is C15H16N4. The van der Waals surface area contributed by atoms with Crippen molar-refractivity contribution in [3.63, 3.8) is 0 Å². The van der Waals surface area contributed by atoms with Crippen molar-refractivity contribution < 1.29 is 0 Å². The zero-order valence-corrected chi connectivity index (χ0v) is 10.8. The van der Waals surface area contributed by atoms with Crippen molar-refractivity contribution in [3.05, 3.63) is 35.7 Å². The third-order valence-corrected chi connectivity index (χ3v) is 3.77. The zero-order valence-electron chi connectivity index (χ0n) is 10.8. The van der Waals surface area contributed by atoms with Crippen molar-refractivity contribution in [1.82, 2.24) is 15.2 Å². The topological polar surface area (TPSA) is 65.4 Å². The molecule has 4 nitrogen and oxygen atoms in total. The molecule has 0 unspecified atom stereocenters. The molecule has 1 aliphatic rings. The molecule has 0 bridgehead atoms. The molecule has 3 rings (SSSR count). The predicted molar refractivity (Wildman–Crippen MR) is 72.4 cm³/mol. The molecule has 96 valence electrons. The molecule has 0 aliphatic heterocycles. The lowest BCUT2D eigenvalue weighted by molar-refractivity contribution is 0.429. The summed E-state index contributed by atoms with van der Waals surface area (Å²) in [4.78, 5) is 4.61. The van der Waals surface area contributed by atoms with E-state index in [0.717, 1.165) is 17.2 Å². The Kier molecular flexibility index (Phi) is 3.28. The summed E-state index contributed by atoms with van der Waals surface area (Å²) in [5, 5.41) is 16.2. The highest BCUT2D eigenvalue weighted by molar-refractivity contribution is 5.56. The Balaban J connectivity index is 1.81. The van der Waals surface area contributed by atoms with Crippen molar-refractivity contribution >= 4 is 0 Å². The number of hydrogen-bond acceptors (Lipinski definition) is 3. The van der Waals surface area contributed by atoms with Crippen LogP contribution in [-0.2, 0) is 0 Å². The molecule has 1 fully saturated rings. The van der Waals surface area contributed by atoms with Crippen LogP contribution < -0.4 is 0 Å². The van der Waals surface area contributed by atoms with Gasteiger partial charge in [-0.15, -0.1) is 0 Å². The standard InChI is InChI=1S/C15H16N4/c16-10-11-6-8-13(9-7-11)15-17-14(18-19-15)12-4-2-1-3-5-12/h6-9,12H,1-5H2,(H,17,18,19). The van der Waals surface area contributed by atoms with Crippen LogP contribution in [0.4, 0.5) is 0 Å². The molecule has 0 spiro atoms. The van der Waals surface area contributed by atoms with Gasteiger partial charge in [-0.2, -0.15) is 10.4 Å². The van der Waals surface area contributed by atoms with Crippen LogP contribution in [0.2, 0.25) is 0 Å². The molecule has 1 aromatic heterocycles. The molecule has 1 saturated carbocycles. The Labute approximate surface area is 112 Å². The number of aromatic amines is 1. The van der Waals surface area contributed by atoms with Gasteiger partial charge in [-0.05, 0) is 37.1 Å². The highest BCUT2D eigenvalue weighted by Gasteiger charge is 2.19. The van der Waals surface area contributed by atoms with Gasteiger partial charge in [0.2, 0.25) is 0 Å². The first-order chi connectivity index (χ1) is 9.36. The summed E-state index contributed by atoms with van der Waals surface area (Å²) in [6.45, 7) is 0. The van der Waals surface area contributed by atoms with Gasteiger partial charge in [0.15, 0.2) is 5.82 Å². The normalized spacial score (nSPS) is 16.2. The minimum absolute atomic E-state index is 0.536. The largest absolute Gasteiger partial charge is 0.262 e. The summed E-state index contributed by atoms with van der Waals surface area (Å²) in [6, 6.07) is 9.50. The van der Waals surface area contributed by atoms with Crippen LogP contribution in [0.1, 0.15) is 49.4 Å². The van der Waals surface area contributed by atoms with Gasteiger partial charge in [-0.1, -0.05) is 19.3 Å². The Bertz CT molecular complexity index is 585. The Morgan fingerprint density at radius 3 is 2.53 bits per heavy atom. The van der Waals surface area contributed by atoms with Crippen LogP contribution in [0, 0.1) is 11.3 Å². The third-order valence-electron chi connectivity index (χ3n) is 3.77. The number of rotatable bonds is 2. The number of benzene rings is 1. The van der Waals surface area contributed by atoms with Gasteiger partial charge in [0.05, 0.1) is 11.6 Å². The summed E-state index contributed by atoms with van der Waals surface area (Å²) in [5.41, 5.74) is 1.61. The predicted octanol–water partition coefficient (Wildman–Crippen LogP) is 3.39. The van der Waals surface area contributed by atoms with E-state index in [9.17, 15) is 0 Å². The van der Waals surface area contributed by atoms with Gasteiger partial charge in [0.25, 0.3) is 0 Å². The van der Waals surface area contributed by atoms with Crippen molar-refractivity contribution in [2.75, 3.05) is 0 Å². The first-order valence-corrected chi connectivity index (χ1v) is 6.79. The van der Waals surface area contributed by atoms with Crippen molar-refractivity contribution in [2.24, 2.45) is 0 Å². The smallest absolute Gasteiger partial charge is 0.181 e. The summed E-state index contributed by atoms with van der Waals surface area (Å²) in [6.07, 6.45) is 6.34. The molecule has 4 heteroatoms. The van der Waals surface area contributed by atoms with E-state index < -0.39 is 0 Å². The number of nitrogens with zero attached hydrogens (tertiary/aromatic N) is 3. The average Bonchev–Trinajstić information content (AvgIpc) is 2.98. The summed E-state index contributed by atoms with van der Waals surface area (Å²) in [7, 11) is 0. The van der Waals surface area contributed by atoms with Crippen LogP contribution in [-0.4, -0.2) is 15.2 Å². The zero-order chi connectivity index (χ0) is 13.1. The third kappa shape index (κ3) is 2.50. The van der Waals surface area contributed by atoms with E-state index in [1.54, 1.807) is 12.1 Å². The van der Waals surface area contributed by atoms with Gasteiger partial charge in [-0.25, -0.2) is 4.98 Å². The van der Waals surface area contributed by atoms with E-state index >= 15 is 0 Å². The SMILES string of the molecule is N#Cc1ccc(-c2n[nH]c(C3CCCCC3)n2)cc1. The lowest BCUT2D eigenvalue weighted by Crippen LogP contribution is -2.06. The number of hydrogen-bond donors (Lipinski definition) is 1. The maximum Gasteiger partial charge on any atom is 0.181 e. The molecule has 1 N–H and O–H groups in total. The van der Waals surface area contributed by atoms with Gasteiger partial charge in [0.1, 0.15) is 5.82 Å². The number of nitrogens with one attached hydrogen (secondary N) is 1. The second kappa shape index (κ2) is 5.23. The number of nitriles is 1. The minimum atomic E-state index is 0.536. The Morgan fingerprint density at radius 1 is 1.11 bits per heavy atom. The molecule has 1 aliphatic carbocycles. The fourth-order valence-electron chi connectivity index (χ4n) is 2.66. The van der Waals surface area contributed by atoms with Crippen molar-refractivity contribution in [3.8, 4) is 17.5 Å². The highest BCUT2D eigenvalue weighted by atomic mass is 15.2. The molecule has 1 heterocycles. The van der Waals surface area contributed by atoms with Crippen LogP contribution >= 0.6 is 0 Å². The fourth-order valence-corrected chi connectivity index (χ4v) is 2.66. The molecule has 0 amide bonds. The van der Waals surface area contributed by atoms with Crippen molar-refractivity contribution in [1.29, 1.82) is 5.26 Å². The van der Waals surface area contributed by atoms with Crippen molar-refractivity contribution in [2.45, 2.75) is 38.0 Å². The first kappa shape index (κ1) is 11.9. The fraction of sp³-hybridized carbons (Fsp3) is 0.400. The lowest BCUT2D eigenvalue weighted by atomic mass is 9.89. The Hall–Kier alpha value is -2.15. The van der Waals surface area contributed by atoms with Crippen LogP contribution in [0.5, 0.6) is 0 Å². The van der Waals surface area contributed by atoms with Gasteiger partial charge < -0.3 is 0 Å². The maximum absolute atomic E-state index is 8.79. The van der Waals surface area contributed by atoms with Gasteiger partial charge in [0, 0.05) is 11.5 Å². The Morgan fingerprint density at radius 2 is 1.84 bits per heavy atom. The second-order valence-electron chi connectivity index (χ2n) is 5.07. The van der Waals surface area contributed by atoms with E-state index in [4.69, 9.17) is 5.26 Å². The van der Waals surface area contributed by atoms with E-state index in [1.165, 1.54) is 32.1 Å². The second-order valence-corrected chi connectivity index (χ2v) is 5.07. The quantitative estimate of drug-likeness (QED) is 0.890. The van der Waals surface area contributed by atoms with Crippen LogP contribution in [0.15, 0.2) is 24.3 Å². The summed E-state index contributed by atoms with van der Waals surface area (Å²) >= 11 is 0. The number of H-pyrrole nitrogens is 1. The molecule has 1 aromatic carbocycles. The maximum atomic E-state index is 8.79. The molecule has 19 heavy (non-hydrogen) atoms. The average molecular weight is 252 g/mol. The number of aromatic nitrogens is 3. The molecule has 0 atom stereocenters. The highest BCUT2D eigenvalue weighted by Crippen LogP contribution is 2.31. The van der Waals surface area contributed by atoms with Gasteiger partial charge in [-0.3, -0.25) is 5.10 Å². The molecule has 0 radical (unpaired) electrons. The summed E-state index contributed by atoms with van der Waals surface area (Å²) in [5.74, 6) is 2.28. The van der Waals surface area contributed by atoms with Crippen LogP contribution in [0.25, 0.3) is 11.4 Å². The first-order valence-electron chi connectivity index (χ1n) is 6.79. The monoisotopic (exact) mass is 252 g/mol. The lowest BCUT2D eigenvalue weighted by Gasteiger charge is -2.18. The molecule has 2 aromatic rings. The van der Waals surface area contributed by atoms with E-state index in [-0.39, 0.29) is 0 Å². The van der Waals surface area contributed by atoms with E-state index in [1.807, 2.05) is 12.1 Å². The minimum Gasteiger partial charge on any atom is -0.262 e. The van der Waals surface area contributed by atoms with E-state index in [0.29, 0.717) is 11.5 Å². The molecular weight excluding hydrogens is 236 g/mol.